The molecule has 0 radical (unpaired) electrons. The number of carbonyl (C=O) groups excluding carboxylic acids is 1. The summed E-state index contributed by atoms with van der Waals surface area (Å²) in [5, 5.41) is 3.40. The summed E-state index contributed by atoms with van der Waals surface area (Å²) in [5.41, 5.74) is 1.65. The van der Waals surface area contributed by atoms with Crippen molar-refractivity contribution in [1.29, 1.82) is 0 Å². The molecule has 1 fully saturated rings. The number of hydrogen-bond acceptors (Lipinski definition) is 3. The molecule has 0 atom stereocenters. The van der Waals surface area contributed by atoms with Gasteiger partial charge in [0.05, 0.1) is 4.90 Å². The molecular formula is C19H21ClN2O3S. The number of aryl methyl sites for hydroxylation is 1. The highest BCUT2D eigenvalue weighted by molar-refractivity contribution is 7.89. The van der Waals surface area contributed by atoms with Crippen molar-refractivity contribution in [2.75, 3.05) is 13.1 Å². The smallest absolute Gasteiger partial charge is 0.251 e. The van der Waals surface area contributed by atoms with Crippen LogP contribution in [0.3, 0.4) is 0 Å². The van der Waals surface area contributed by atoms with Crippen LogP contribution in [0.5, 0.6) is 0 Å². The highest BCUT2D eigenvalue weighted by atomic mass is 35.5. The summed E-state index contributed by atoms with van der Waals surface area (Å²) >= 11 is 5.91. The Balaban J connectivity index is 1.61. The molecule has 0 saturated carbocycles. The summed E-state index contributed by atoms with van der Waals surface area (Å²) in [7, 11) is -3.56. The van der Waals surface area contributed by atoms with E-state index in [1.807, 2.05) is 25.1 Å². The monoisotopic (exact) mass is 392 g/mol. The molecule has 2 aromatic rings. The van der Waals surface area contributed by atoms with E-state index in [0.29, 0.717) is 36.5 Å². The molecule has 0 aromatic heterocycles. The van der Waals surface area contributed by atoms with Gasteiger partial charge in [0.15, 0.2) is 0 Å². The van der Waals surface area contributed by atoms with Crippen molar-refractivity contribution >= 4 is 27.5 Å². The van der Waals surface area contributed by atoms with Gasteiger partial charge in [-0.2, -0.15) is 4.31 Å². The van der Waals surface area contributed by atoms with Crippen LogP contribution in [0.25, 0.3) is 0 Å². The second-order valence-electron chi connectivity index (χ2n) is 6.48. The van der Waals surface area contributed by atoms with Crippen molar-refractivity contribution in [3.63, 3.8) is 0 Å². The van der Waals surface area contributed by atoms with Crippen molar-refractivity contribution in [3.8, 4) is 0 Å². The van der Waals surface area contributed by atoms with Gasteiger partial charge in [0, 0.05) is 29.7 Å². The maximum Gasteiger partial charge on any atom is 0.251 e. The topological polar surface area (TPSA) is 66.5 Å². The number of nitrogens with zero attached hydrogens (tertiary/aromatic N) is 1. The molecule has 2 aromatic carbocycles. The second kappa shape index (κ2) is 7.78. The van der Waals surface area contributed by atoms with Crippen LogP contribution in [0.15, 0.2) is 53.4 Å². The van der Waals surface area contributed by atoms with Crippen LogP contribution >= 0.6 is 11.6 Å². The average Bonchev–Trinajstić information content (AvgIpc) is 2.62. The van der Waals surface area contributed by atoms with Crippen LogP contribution in [-0.4, -0.2) is 37.8 Å². The summed E-state index contributed by atoms with van der Waals surface area (Å²) in [5.74, 6) is -0.121. The number of halogens is 1. The molecule has 7 heteroatoms. The van der Waals surface area contributed by atoms with Gasteiger partial charge < -0.3 is 5.32 Å². The van der Waals surface area contributed by atoms with E-state index in [-0.39, 0.29) is 16.8 Å². The Bertz CT molecular complexity index is 907. The highest BCUT2D eigenvalue weighted by Gasteiger charge is 2.30. The number of carbonyl (C=O) groups is 1. The molecule has 0 unspecified atom stereocenters. The number of sulfonamides is 1. The van der Waals surface area contributed by atoms with Gasteiger partial charge in [0.2, 0.25) is 10.0 Å². The zero-order valence-corrected chi connectivity index (χ0v) is 16.1. The predicted molar refractivity (Wildman–Crippen MR) is 102 cm³/mol. The fourth-order valence-electron chi connectivity index (χ4n) is 3.07. The molecule has 1 saturated heterocycles. The van der Waals surface area contributed by atoms with Crippen LogP contribution in [0.2, 0.25) is 5.02 Å². The van der Waals surface area contributed by atoms with Gasteiger partial charge in [-0.3, -0.25) is 4.79 Å². The average molecular weight is 393 g/mol. The third-order valence-corrected chi connectivity index (χ3v) is 6.63. The lowest BCUT2D eigenvalue weighted by atomic mass is 10.1. The largest absolute Gasteiger partial charge is 0.349 e. The molecule has 0 spiro atoms. The molecule has 1 aliphatic heterocycles. The normalized spacial score (nSPS) is 16.4. The number of hydrogen-bond donors (Lipinski definition) is 1. The number of benzene rings is 2. The first kappa shape index (κ1) is 18.9. The maximum absolute atomic E-state index is 12.7. The third kappa shape index (κ3) is 4.26. The van der Waals surface area contributed by atoms with Crippen LogP contribution in [0.4, 0.5) is 0 Å². The lowest BCUT2D eigenvalue weighted by Crippen LogP contribution is -2.46. The lowest BCUT2D eigenvalue weighted by Gasteiger charge is -2.31. The summed E-state index contributed by atoms with van der Waals surface area (Å²) in [4.78, 5) is 12.5. The molecule has 1 N–H and O–H groups in total. The molecule has 3 rings (SSSR count). The molecule has 1 aliphatic rings. The minimum atomic E-state index is -3.56. The standard InChI is InChI=1S/C19H21ClN2O3S/c1-14-4-2-5-15(12-14)19(23)21-17-8-10-22(11-9-17)26(24,25)18-7-3-6-16(20)13-18/h2-7,12-13,17H,8-11H2,1H3,(H,21,23). The van der Waals surface area contributed by atoms with E-state index in [0.717, 1.165) is 5.56 Å². The molecule has 0 bridgehead atoms. The number of nitrogens with one attached hydrogen (secondary N) is 1. The fraction of sp³-hybridized carbons (Fsp3) is 0.316. The molecule has 0 aliphatic carbocycles. The van der Waals surface area contributed by atoms with Gasteiger partial charge in [0.1, 0.15) is 0 Å². The summed E-state index contributed by atoms with van der Waals surface area (Å²) in [6.45, 7) is 2.68. The van der Waals surface area contributed by atoms with Crippen LogP contribution < -0.4 is 5.32 Å². The van der Waals surface area contributed by atoms with Gasteiger partial charge in [-0.25, -0.2) is 8.42 Å². The first-order chi connectivity index (χ1) is 12.4. The second-order valence-corrected chi connectivity index (χ2v) is 8.85. The molecule has 5 nitrogen and oxygen atoms in total. The van der Waals surface area contributed by atoms with E-state index in [9.17, 15) is 13.2 Å². The van der Waals surface area contributed by atoms with Gasteiger partial charge in [-0.15, -0.1) is 0 Å². The fourth-order valence-corrected chi connectivity index (χ4v) is 4.84. The van der Waals surface area contributed by atoms with Gasteiger partial charge in [0.25, 0.3) is 5.91 Å². The van der Waals surface area contributed by atoms with Crippen LogP contribution in [0, 0.1) is 6.92 Å². The van der Waals surface area contributed by atoms with E-state index in [2.05, 4.69) is 5.32 Å². The van der Waals surface area contributed by atoms with Crippen molar-refractivity contribution in [3.05, 3.63) is 64.7 Å². The highest BCUT2D eigenvalue weighted by Crippen LogP contribution is 2.23. The Morgan fingerprint density at radius 2 is 1.81 bits per heavy atom. The predicted octanol–water partition coefficient (Wildman–Crippen LogP) is 3.23. The van der Waals surface area contributed by atoms with Crippen molar-refractivity contribution in [2.24, 2.45) is 0 Å². The first-order valence-electron chi connectivity index (χ1n) is 8.49. The molecule has 26 heavy (non-hydrogen) atoms. The Labute approximate surface area is 159 Å². The van der Waals surface area contributed by atoms with Gasteiger partial charge >= 0.3 is 0 Å². The summed E-state index contributed by atoms with van der Waals surface area (Å²) in [6.07, 6.45) is 1.16. The third-order valence-electron chi connectivity index (χ3n) is 4.50. The summed E-state index contributed by atoms with van der Waals surface area (Å²) in [6, 6.07) is 13.7. The minimum absolute atomic E-state index is 0.0335. The van der Waals surface area contributed by atoms with Gasteiger partial charge in [-0.05, 0) is 50.1 Å². The van der Waals surface area contributed by atoms with Gasteiger partial charge in [-0.1, -0.05) is 35.4 Å². The lowest BCUT2D eigenvalue weighted by molar-refractivity contribution is 0.0923. The van der Waals surface area contributed by atoms with E-state index in [4.69, 9.17) is 11.6 Å². The maximum atomic E-state index is 12.7. The van der Waals surface area contributed by atoms with Crippen molar-refractivity contribution < 1.29 is 13.2 Å². The number of piperidine rings is 1. The van der Waals surface area contributed by atoms with Crippen molar-refractivity contribution in [2.45, 2.75) is 30.7 Å². The van der Waals surface area contributed by atoms with Crippen LogP contribution in [0.1, 0.15) is 28.8 Å². The summed E-state index contributed by atoms with van der Waals surface area (Å²) < 4.78 is 26.9. The van der Waals surface area contributed by atoms with Crippen molar-refractivity contribution in [1.82, 2.24) is 9.62 Å². The Morgan fingerprint density at radius 1 is 1.12 bits per heavy atom. The van der Waals surface area contributed by atoms with E-state index < -0.39 is 10.0 Å². The number of rotatable bonds is 4. The number of amides is 1. The molecule has 1 heterocycles. The van der Waals surface area contributed by atoms with E-state index >= 15 is 0 Å². The molecular weight excluding hydrogens is 372 g/mol. The van der Waals surface area contributed by atoms with E-state index in [1.54, 1.807) is 24.3 Å². The van der Waals surface area contributed by atoms with E-state index in [1.165, 1.54) is 10.4 Å². The minimum Gasteiger partial charge on any atom is -0.349 e. The Morgan fingerprint density at radius 3 is 2.46 bits per heavy atom. The zero-order chi connectivity index (χ0) is 18.7. The quantitative estimate of drug-likeness (QED) is 0.868. The molecule has 138 valence electrons. The first-order valence-corrected chi connectivity index (χ1v) is 10.3. The Hall–Kier alpha value is -1.89. The molecule has 1 amide bonds. The Kier molecular flexibility index (Phi) is 5.65. The zero-order valence-electron chi connectivity index (χ0n) is 14.5. The van der Waals surface area contributed by atoms with Crippen LogP contribution in [-0.2, 0) is 10.0 Å². The SMILES string of the molecule is Cc1cccc(C(=O)NC2CCN(S(=O)(=O)c3cccc(Cl)c3)CC2)c1.